The zero-order valence-electron chi connectivity index (χ0n) is 13.7. The van der Waals surface area contributed by atoms with Gasteiger partial charge in [-0.25, -0.2) is 9.07 Å². The summed E-state index contributed by atoms with van der Waals surface area (Å²) >= 11 is 0. The molecule has 0 saturated carbocycles. The summed E-state index contributed by atoms with van der Waals surface area (Å²) in [5, 5.41) is 7.42. The molecule has 2 heterocycles. The van der Waals surface area contributed by atoms with Crippen molar-refractivity contribution in [1.82, 2.24) is 19.7 Å². The van der Waals surface area contributed by atoms with Crippen LogP contribution in [0.1, 0.15) is 23.8 Å². The summed E-state index contributed by atoms with van der Waals surface area (Å²) in [6.07, 6.45) is 2.77. The molecule has 0 saturated heterocycles. The molecule has 124 valence electrons. The number of carbonyl (C=O) groups is 1. The molecule has 3 aromatic rings. The van der Waals surface area contributed by atoms with E-state index in [1.54, 1.807) is 22.9 Å². The molecule has 0 spiro atoms. The molecule has 0 radical (unpaired) electrons. The van der Waals surface area contributed by atoms with Crippen molar-refractivity contribution in [3.8, 4) is 17.1 Å². The average molecular weight is 326 g/mol. The van der Waals surface area contributed by atoms with Crippen LogP contribution >= 0.6 is 0 Å². The van der Waals surface area contributed by atoms with Crippen molar-refractivity contribution < 1.29 is 9.18 Å². The molecule has 24 heavy (non-hydrogen) atoms. The van der Waals surface area contributed by atoms with Gasteiger partial charge in [0.2, 0.25) is 0 Å². The lowest BCUT2D eigenvalue weighted by atomic mass is 10.2. The van der Waals surface area contributed by atoms with Crippen molar-refractivity contribution in [2.45, 2.75) is 13.3 Å². The van der Waals surface area contributed by atoms with Crippen LogP contribution in [0.4, 0.5) is 4.39 Å². The van der Waals surface area contributed by atoms with Crippen molar-refractivity contribution >= 4 is 5.91 Å². The highest BCUT2D eigenvalue weighted by Gasteiger charge is 2.18. The standard InChI is InChI=1S/C18H19FN4O/c1-3-10-20-18(24)17-12-15(16-5-4-11-22(16)2)21-23(17)14-8-6-13(19)7-9-14/h4-9,11-12H,3,10H2,1-2H3,(H,20,24). The largest absolute Gasteiger partial charge is 0.351 e. The monoisotopic (exact) mass is 326 g/mol. The van der Waals surface area contributed by atoms with E-state index in [1.165, 1.54) is 12.1 Å². The number of aryl methyl sites for hydroxylation is 1. The predicted octanol–water partition coefficient (Wildman–Crippen LogP) is 3.16. The van der Waals surface area contributed by atoms with Gasteiger partial charge in [-0.3, -0.25) is 4.79 Å². The first kappa shape index (κ1) is 16.0. The van der Waals surface area contributed by atoms with Crippen molar-refractivity contribution in [2.24, 2.45) is 7.05 Å². The Bertz CT molecular complexity index is 848. The number of nitrogens with zero attached hydrogens (tertiary/aromatic N) is 3. The Morgan fingerprint density at radius 1 is 1.25 bits per heavy atom. The van der Waals surface area contributed by atoms with Gasteiger partial charge in [-0.05, 0) is 48.9 Å². The number of rotatable bonds is 5. The van der Waals surface area contributed by atoms with Gasteiger partial charge in [-0.15, -0.1) is 0 Å². The van der Waals surface area contributed by atoms with E-state index in [0.29, 0.717) is 23.6 Å². The Hall–Kier alpha value is -2.89. The van der Waals surface area contributed by atoms with Gasteiger partial charge >= 0.3 is 0 Å². The summed E-state index contributed by atoms with van der Waals surface area (Å²) in [6.45, 7) is 2.58. The van der Waals surface area contributed by atoms with Gasteiger partial charge in [0.25, 0.3) is 5.91 Å². The second-order valence-electron chi connectivity index (χ2n) is 5.56. The first-order chi connectivity index (χ1) is 11.6. The van der Waals surface area contributed by atoms with Crippen LogP contribution in [-0.4, -0.2) is 26.8 Å². The minimum Gasteiger partial charge on any atom is -0.351 e. The number of halogens is 1. The summed E-state index contributed by atoms with van der Waals surface area (Å²) < 4.78 is 16.7. The maximum Gasteiger partial charge on any atom is 0.270 e. The molecule has 0 aliphatic rings. The molecule has 6 heteroatoms. The van der Waals surface area contributed by atoms with E-state index >= 15 is 0 Å². The lowest BCUT2D eigenvalue weighted by Crippen LogP contribution is -2.26. The van der Waals surface area contributed by atoms with Crippen LogP contribution < -0.4 is 5.32 Å². The van der Waals surface area contributed by atoms with Gasteiger partial charge in [-0.1, -0.05) is 6.92 Å². The second-order valence-corrected chi connectivity index (χ2v) is 5.56. The van der Waals surface area contributed by atoms with Crippen LogP contribution in [0.2, 0.25) is 0 Å². The SMILES string of the molecule is CCCNC(=O)c1cc(-c2cccn2C)nn1-c1ccc(F)cc1. The lowest BCUT2D eigenvalue weighted by molar-refractivity contribution is 0.0946. The normalized spacial score (nSPS) is 10.8. The topological polar surface area (TPSA) is 51.9 Å². The smallest absolute Gasteiger partial charge is 0.270 e. The predicted molar refractivity (Wildman–Crippen MR) is 90.6 cm³/mol. The molecular formula is C18H19FN4O. The van der Waals surface area contributed by atoms with Crippen LogP contribution in [0.3, 0.4) is 0 Å². The van der Waals surface area contributed by atoms with Crippen molar-refractivity contribution in [3.63, 3.8) is 0 Å². The van der Waals surface area contributed by atoms with Gasteiger partial charge < -0.3 is 9.88 Å². The third kappa shape index (κ3) is 3.08. The molecule has 5 nitrogen and oxygen atoms in total. The molecule has 1 aromatic carbocycles. The lowest BCUT2D eigenvalue weighted by Gasteiger charge is -2.07. The minimum absolute atomic E-state index is 0.200. The van der Waals surface area contributed by atoms with E-state index in [9.17, 15) is 9.18 Å². The van der Waals surface area contributed by atoms with Gasteiger partial charge in [0, 0.05) is 19.8 Å². The van der Waals surface area contributed by atoms with Gasteiger partial charge in [0.05, 0.1) is 11.4 Å². The maximum absolute atomic E-state index is 13.2. The average Bonchev–Trinajstić information content (AvgIpc) is 3.19. The fraction of sp³-hybridized carbons (Fsp3) is 0.222. The summed E-state index contributed by atoms with van der Waals surface area (Å²) in [6, 6.07) is 11.5. The molecule has 0 atom stereocenters. The van der Waals surface area contributed by atoms with Crippen LogP contribution in [0, 0.1) is 5.82 Å². The van der Waals surface area contributed by atoms with Crippen LogP contribution in [0.15, 0.2) is 48.7 Å². The Morgan fingerprint density at radius 2 is 2.00 bits per heavy atom. The second kappa shape index (κ2) is 6.70. The molecule has 0 fully saturated rings. The molecule has 0 bridgehead atoms. The first-order valence-corrected chi connectivity index (χ1v) is 7.86. The molecule has 1 N–H and O–H groups in total. The first-order valence-electron chi connectivity index (χ1n) is 7.86. The third-order valence-electron chi connectivity index (χ3n) is 3.75. The van der Waals surface area contributed by atoms with Gasteiger partial charge in [0.15, 0.2) is 0 Å². The number of hydrogen-bond donors (Lipinski definition) is 1. The third-order valence-corrected chi connectivity index (χ3v) is 3.75. The van der Waals surface area contributed by atoms with Crippen LogP contribution in [0.25, 0.3) is 17.1 Å². The van der Waals surface area contributed by atoms with E-state index in [4.69, 9.17) is 0 Å². The Kier molecular flexibility index (Phi) is 4.46. The Labute approximate surface area is 139 Å². The molecule has 0 unspecified atom stereocenters. The van der Waals surface area contributed by atoms with Gasteiger partial charge in [0.1, 0.15) is 17.2 Å². The molecule has 0 aliphatic heterocycles. The minimum atomic E-state index is -0.328. The number of benzene rings is 1. The fourth-order valence-electron chi connectivity index (χ4n) is 2.50. The fourth-order valence-corrected chi connectivity index (χ4v) is 2.50. The maximum atomic E-state index is 13.2. The molecular weight excluding hydrogens is 307 g/mol. The molecule has 1 amide bonds. The van der Waals surface area contributed by atoms with E-state index in [-0.39, 0.29) is 11.7 Å². The highest BCUT2D eigenvalue weighted by atomic mass is 19.1. The van der Waals surface area contributed by atoms with E-state index in [0.717, 1.165) is 12.1 Å². The summed E-state index contributed by atoms with van der Waals surface area (Å²) in [7, 11) is 1.92. The number of carbonyl (C=O) groups excluding carboxylic acids is 1. The van der Waals surface area contributed by atoms with E-state index < -0.39 is 0 Å². The Morgan fingerprint density at radius 3 is 2.62 bits per heavy atom. The number of amides is 1. The van der Waals surface area contributed by atoms with Crippen LogP contribution in [0.5, 0.6) is 0 Å². The van der Waals surface area contributed by atoms with Crippen molar-refractivity contribution in [1.29, 1.82) is 0 Å². The molecule has 0 aliphatic carbocycles. The number of nitrogens with one attached hydrogen (secondary N) is 1. The van der Waals surface area contributed by atoms with Crippen molar-refractivity contribution in [3.05, 3.63) is 60.2 Å². The van der Waals surface area contributed by atoms with Crippen molar-refractivity contribution in [2.75, 3.05) is 6.54 Å². The summed E-state index contributed by atoms with van der Waals surface area (Å²) in [4.78, 5) is 12.5. The molecule has 3 rings (SSSR count). The molecule has 2 aromatic heterocycles. The number of aromatic nitrogens is 3. The van der Waals surface area contributed by atoms with E-state index in [2.05, 4.69) is 10.4 Å². The zero-order valence-corrected chi connectivity index (χ0v) is 13.7. The Balaban J connectivity index is 2.07. The van der Waals surface area contributed by atoms with E-state index in [1.807, 2.05) is 36.9 Å². The highest BCUT2D eigenvalue weighted by Crippen LogP contribution is 2.22. The highest BCUT2D eigenvalue weighted by molar-refractivity contribution is 5.94. The number of hydrogen-bond acceptors (Lipinski definition) is 2. The quantitative estimate of drug-likeness (QED) is 0.783. The summed E-state index contributed by atoms with van der Waals surface area (Å²) in [5.74, 6) is -0.528. The van der Waals surface area contributed by atoms with Gasteiger partial charge in [-0.2, -0.15) is 5.10 Å². The zero-order chi connectivity index (χ0) is 17.1. The van der Waals surface area contributed by atoms with Crippen LogP contribution in [-0.2, 0) is 7.05 Å². The summed E-state index contributed by atoms with van der Waals surface area (Å²) in [5.41, 5.74) is 2.65.